The Balaban J connectivity index is 1.73. The number of thiocarbonyl (C=S) groups is 1. The predicted octanol–water partition coefficient (Wildman–Crippen LogP) is 4.78. The molecule has 1 fully saturated rings. The topological polar surface area (TPSA) is 49.0 Å². The fraction of sp³-hybridized carbons (Fsp3) is 0.136. The van der Waals surface area contributed by atoms with E-state index in [-0.39, 0.29) is 5.91 Å². The summed E-state index contributed by atoms with van der Waals surface area (Å²) in [5.41, 5.74) is 3.87. The quantitative estimate of drug-likeness (QED) is 0.465. The Bertz CT molecular complexity index is 1150. The van der Waals surface area contributed by atoms with Crippen molar-refractivity contribution in [3.05, 3.63) is 76.3 Å². The van der Waals surface area contributed by atoms with Gasteiger partial charge in [0.15, 0.2) is 0 Å². The van der Waals surface area contributed by atoms with Crippen LogP contribution in [0.15, 0.2) is 59.6 Å². The monoisotopic (exact) mass is 403 g/mol. The Kier molecular flexibility index (Phi) is 5.03. The Hall–Kier alpha value is -2.88. The summed E-state index contributed by atoms with van der Waals surface area (Å²) in [6, 6.07) is 17.9. The normalized spacial score (nSPS) is 15.6. The molecule has 0 bridgehead atoms. The first-order chi connectivity index (χ1) is 13.6. The van der Waals surface area contributed by atoms with Gasteiger partial charge in [0.25, 0.3) is 5.91 Å². The standard InChI is InChI=1S/C22H17N3OS2/c1-2-25-21(26)20(28-22(25)27)11-17-14-24(19-6-4-3-5-18(17)19)13-16-9-7-15(12-23)8-10-16/h3-11,14H,2,13H2,1H3/b20-11-. The predicted molar refractivity (Wildman–Crippen MR) is 118 cm³/mol. The summed E-state index contributed by atoms with van der Waals surface area (Å²) >= 11 is 6.67. The van der Waals surface area contributed by atoms with E-state index in [0.29, 0.717) is 27.9 Å². The Labute approximate surface area is 173 Å². The molecule has 1 amide bonds. The summed E-state index contributed by atoms with van der Waals surface area (Å²) in [4.78, 5) is 14.8. The second-order valence-corrected chi connectivity index (χ2v) is 8.14. The lowest BCUT2D eigenvalue weighted by Gasteiger charge is -2.09. The van der Waals surface area contributed by atoms with Crippen LogP contribution in [0.1, 0.15) is 23.6 Å². The Morgan fingerprint density at radius 1 is 1.18 bits per heavy atom. The van der Waals surface area contributed by atoms with Crippen LogP contribution in [0.4, 0.5) is 0 Å². The molecule has 6 heteroatoms. The number of nitriles is 1. The van der Waals surface area contributed by atoms with Crippen LogP contribution in [0.25, 0.3) is 17.0 Å². The molecule has 138 valence electrons. The molecule has 1 aliphatic rings. The summed E-state index contributed by atoms with van der Waals surface area (Å²) in [6.07, 6.45) is 4.01. The lowest BCUT2D eigenvalue weighted by Crippen LogP contribution is -2.27. The summed E-state index contributed by atoms with van der Waals surface area (Å²) in [5.74, 6) is -0.0265. The van der Waals surface area contributed by atoms with E-state index in [1.807, 2.05) is 49.4 Å². The van der Waals surface area contributed by atoms with Crippen molar-refractivity contribution in [1.82, 2.24) is 9.47 Å². The van der Waals surface area contributed by atoms with Crippen molar-refractivity contribution in [2.75, 3.05) is 6.54 Å². The van der Waals surface area contributed by atoms with Crippen LogP contribution >= 0.6 is 24.0 Å². The molecule has 0 N–H and O–H groups in total. The highest BCUT2D eigenvalue weighted by Crippen LogP contribution is 2.34. The van der Waals surface area contributed by atoms with Crippen LogP contribution in [0.2, 0.25) is 0 Å². The smallest absolute Gasteiger partial charge is 0.266 e. The number of nitrogens with zero attached hydrogens (tertiary/aromatic N) is 3. The van der Waals surface area contributed by atoms with Crippen LogP contribution in [0.3, 0.4) is 0 Å². The fourth-order valence-electron chi connectivity index (χ4n) is 3.32. The van der Waals surface area contributed by atoms with Crippen molar-refractivity contribution < 1.29 is 4.79 Å². The van der Waals surface area contributed by atoms with Crippen molar-refractivity contribution in [2.45, 2.75) is 13.5 Å². The molecular weight excluding hydrogens is 386 g/mol. The summed E-state index contributed by atoms with van der Waals surface area (Å²) in [5, 5.41) is 10.1. The van der Waals surface area contributed by atoms with Crippen LogP contribution in [0, 0.1) is 11.3 Å². The van der Waals surface area contributed by atoms with Crippen molar-refractivity contribution in [1.29, 1.82) is 5.26 Å². The van der Waals surface area contributed by atoms with Gasteiger partial charge in [-0.1, -0.05) is 54.3 Å². The van der Waals surface area contributed by atoms with Crippen molar-refractivity contribution in [3.63, 3.8) is 0 Å². The maximum Gasteiger partial charge on any atom is 0.266 e. The van der Waals surface area contributed by atoms with Gasteiger partial charge in [0.1, 0.15) is 4.32 Å². The average Bonchev–Trinajstić information content (AvgIpc) is 3.19. The maximum atomic E-state index is 12.6. The molecule has 0 radical (unpaired) electrons. The number of hydrogen-bond acceptors (Lipinski definition) is 4. The second-order valence-electron chi connectivity index (χ2n) is 6.46. The minimum Gasteiger partial charge on any atom is -0.342 e. The van der Waals surface area contributed by atoms with Gasteiger partial charge in [0.2, 0.25) is 0 Å². The number of carbonyl (C=O) groups is 1. The first-order valence-corrected chi connectivity index (χ1v) is 10.2. The van der Waals surface area contributed by atoms with Gasteiger partial charge in [-0.05, 0) is 36.8 Å². The summed E-state index contributed by atoms with van der Waals surface area (Å²) in [6.45, 7) is 3.20. The third-order valence-electron chi connectivity index (χ3n) is 4.73. The molecule has 0 atom stereocenters. The Morgan fingerprint density at radius 3 is 2.61 bits per heavy atom. The zero-order valence-corrected chi connectivity index (χ0v) is 16.9. The molecule has 1 aliphatic heterocycles. The second kappa shape index (κ2) is 7.63. The maximum absolute atomic E-state index is 12.6. The van der Waals surface area contributed by atoms with Gasteiger partial charge in [-0.15, -0.1) is 0 Å². The van der Waals surface area contributed by atoms with Crippen LogP contribution in [-0.2, 0) is 11.3 Å². The van der Waals surface area contributed by atoms with Crippen molar-refractivity contribution in [2.24, 2.45) is 0 Å². The lowest BCUT2D eigenvalue weighted by atomic mass is 10.1. The molecular formula is C22H17N3OS2. The SMILES string of the molecule is CCN1C(=O)/C(=C/c2cn(Cc3ccc(C#N)cc3)c3ccccc23)SC1=S. The first-order valence-electron chi connectivity index (χ1n) is 8.93. The number of para-hydroxylation sites is 1. The van der Waals surface area contributed by atoms with Crippen LogP contribution < -0.4 is 0 Å². The van der Waals surface area contributed by atoms with Gasteiger partial charge in [-0.2, -0.15) is 5.26 Å². The molecule has 0 spiro atoms. The Morgan fingerprint density at radius 2 is 1.93 bits per heavy atom. The number of carbonyl (C=O) groups excluding carboxylic acids is 1. The van der Waals surface area contributed by atoms with E-state index in [1.165, 1.54) is 11.8 Å². The van der Waals surface area contributed by atoms with Crippen LogP contribution in [-0.4, -0.2) is 26.2 Å². The van der Waals surface area contributed by atoms with Gasteiger partial charge in [0.05, 0.1) is 16.5 Å². The summed E-state index contributed by atoms with van der Waals surface area (Å²) < 4.78 is 2.78. The minimum absolute atomic E-state index is 0.0265. The van der Waals surface area contributed by atoms with Crippen LogP contribution in [0.5, 0.6) is 0 Å². The van der Waals surface area contributed by atoms with Gasteiger partial charge >= 0.3 is 0 Å². The third kappa shape index (κ3) is 3.35. The largest absolute Gasteiger partial charge is 0.342 e. The minimum atomic E-state index is -0.0265. The number of amides is 1. The molecule has 1 aromatic heterocycles. The van der Waals surface area contributed by atoms with Gasteiger partial charge in [-0.3, -0.25) is 9.69 Å². The van der Waals surface area contributed by atoms with E-state index in [4.69, 9.17) is 17.5 Å². The lowest BCUT2D eigenvalue weighted by molar-refractivity contribution is -0.121. The highest BCUT2D eigenvalue weighted by Gasteiger charge is 2.30. The summed E-state index contributed by atoms with van der Waals surface area (Å²) in [7, 11) is 0. The number of likely N-dealkylation sites (N-methyl/N-ethyl adjacent to an activating group) is 1. The number of rotatable bonds is 4. The molecule has 4 nitrogen and oxygen atoms in total. The zero-order chi connectivity index (χ0) is 19.7. The number of aromatic nitrogens is 1. The average molecular weight is 404 g/mol. The van der Waals surface area contributed by atoms with E-state index in [1.54, 1.807) is 4.90 Å². The van der Waals surface area contributed by atoms with E-state index < -0.39 is 0 Å². The molecule has 1 saturated heterocycles. The van der Waals surface area contributed by atoms with E-state index in [0.717, 1.165) is 22.0 Å². The number of fused-ring (bicyclic) bond motifs is 1. The third-order valence-corrected chi connectivity index (χ3v) is 6.11. The molecule has 2 aromatic carbocycles. The fourth-order valence-corrected chi connectivity index (χ4v) is 4.69. The van der Waals surface area contributed by atoms with E-state index >= 15 is 0 Å². The molecule has 0 saturated carbocycles. The van der Waals surface area contributed by atoms with Gasteiger partial charge < -0.3 is 4.57 Å². The van der Waals surface area contributed by atoms with Gasteiger partial charge in [0, 0.05) is 35.8 Å². The highest BCUT2D eigenvalue weighted by molar-refractivity contribution is 8.26. The van der Waals surface area contributed by atoms with E-state index in [9.17, 15) is 4.79 Å². The molecule has 4 rings (SSSR count). The molecule has 2 heterocycles. The molecule has 28 heavy (non-hydrogen) atoms. The number of thioether (sulfide) groups is 1. The number of hydrogen-bond donors (Lipinski definition) is 0. The number of benzene rings is 2. The van der Waals surface area contributed by atoms with E-state index in [2.05, 4.69) is 29.0 Å². The van der Waals surface area contributed by atoms with Crippen molar-refractivity contribution >= 4 is 51.2 Å². The van der Waals surface area contributed by atoms with Gasteiger partial charge in [-0.25, -0.2) is 0 Å². The molecule has 0 aliphatic carbocycles. The zero-order valence-electron chi connectivity index (χ0n) is 15.3. The molecule has 0 unspecified atom stereocenters. The first kappa shape index (κ1) is 18.5. The molecule has 3 aromatic rings. The van der Waals surface area contributed by atoms with Crippen molar-refractivity contribution in [3.8, 4) is 6.07 Å². The highest BCUT2D eigenvalue weighted by atomic mass is 32.2.